The maximum atomic E-state index is 12.4. The molecule has 2 rings (SSSR count). The first-order chi connectivity index (χ1) is 10.1. The van der Waals surface area contributed by atoms with Crippen molar-refractivity contribution in [3.8, 4) is 0 Å². The van der Waals surface area contributed by atoms with E-state index >= 15 is 0 Å². The van der Waals surface area contributed by atoms with Crippen LogP contribution in [0.4, 0.5) is 4.79 Å². The molecular weight excluding hydrogens is 264 g/mol. The summed E-state index contributed by atoms with van der Waals surface area (Å²) in [6.45, 7) is 5.48. The zero-order valence-corrected chi connectivity index (χ0v) is 13.0. The Balaban J connectivity index is 1.94. The average Bonchev–Trinajstić information content (AvgIpc) is 2.91. The Morgan fingerprint density at radius 2 is 2.14 bits per heavy atom. The number of rotatable bonds is 5. The van der Waals surface area contributed by atoms with E-state index in [1.807, 2.05) is 25.1 Å². The van der Waals surface area contributed by atoms with E-state index < -0.39 is 5.54 Å². The molecule has 2 atom stereocenters. The van der Waals surface area contributed by atoms with Crippen molar-refractivity contribution in [2.24, 2.45) is 0 Å². The van der Waals surface area contributed by atoms with Gasteiger partial charge in [0.05, 0.1) is 12.1 Å². The molecule has 2 amide bonds. The highest BCUT2D eigenvalue weighted by molar-refractivity contribution is 5.75. The largest absolute Gasteiger partial charge is 0.394 e. The molecule has 0 spiro atoms. The maximum Gasteiger partial charge on any atom is 0.317 e. The van der Waals surface area contributed by atoms with Gasteiger partial charge in [-0.1, -0.05) is 37.3 Å². The van der Waals surface area contributed by atoms with Crippen LogP contribution in [0.3, 0.4) is 0 Å². The summed E-state index contributed by atoms with van der Waals surface area (Å²) in [5.41, 5.74) is 0.852. The van der Waals surface area contributed by atoms with Crippen molar-refractivity contribution in [2.75, 3.05) is 19.7 Å². The molecule has 2 N–H and O–H groups in total. The number of carbonyl (C=O) groups is 1. The fraction of sp³-hybridized carbons (Fsp3) is 0.588. The molecule has 0 bridgehead atoms. The predicted molar refractivity (Wildman–Crippen MR) is 84.3 cm³/mol. The predicted octanol–water partition coefficient (Wildman–Crippen LogP) is 2.74. The van der Waals surface area contributed by atoms with Crippen LogP contribution >= 0.6 is 0 Å². The van der Waals surface area contributed by atoms with Crippen LogP contribution in [0.25, 0.3) is 0 Å². The number of likely N-dealkylation sites (tertiary alicyclic amines) is 1. The second kappa shape index (κ2) is 6.94. The van der Waals surface area contributed by atoms with E-state index in [2.05, 4.69) is 24.4 Å². The van der Waals surface area contributed by atoms with E-state index in [-0.39, 0.29) is 12.6 Å². The molecule has 1 aliphatic heterocycles. The Morgan fingerprint density at radius 1 is 1.43 bits per heavy atom. The van der Waals surface area contributed by atoms with Gasteiger partial charge in [0, 0.05) is 19.0 Å². The summed E-state index contributed by atoms with van der Waals surface area (Å²) in [7, 11) is 0. The molecule has 4 nitrogen and oxygen atoms in total. The average molecular weight is 290 g/mol. The van der Waals surface area contributed by atoms with E-state index in [4.69, 9.17) is 0 Å². The minimum absolute atomic E-state index is 0.0241. The number of benzene rings is 1. The van der Waals surface area contributed by atoms with Crippen LogP contribution in [0, 0.1) is 0 Å². The van der Waals surface area contributed by atoms with Crippen LogP contribution in [0.5, 0.6) is 0 Å². The van der Waals surface area contributed by atoms with Crippen LogP contribution in [0.1, 0.15) is 44.6 Å². The van der Waals surface area contributed by atoms with Crippen molar-refractivity contribution in [1.82, 2.24) is 10.2 Å². The van der Waals surface area contributed by atoms with E-state index in [1.165, 1.54) is 5.56 Å². The van der Waals surface area contributed by atoms with Crippen LogP contribution in [0.15, 0.2) is 30.3 Å². The first kappa shape index (κ1) is 15.8. The number of urea groups is 1. The van der Waals surface area contributed by atoms with Crippen LogP contribution < -0.4 is 5.32 Å². The van der Waals surface area contributed by atoms with Gasteiger partial charge in [0.25, 0.3) is 0 Å². The van der Waals surface area contributed by atoms with E-state index in [9.17, 15) is 9.90 Å². The lowest BCUT2D eigenvalue weighted by atomic mass is 9.96. The molecule has 0 aromatic heterocycles. The van der Waals surface area contributed by atoms with Gasteiger partial charge in [0.1, 0.15) is 0 Å². The summed E-state index contributed by atoms with van der Waals surface area (Å²) in [5.74, 6) is 0.332. The number of carbonyl (C=O) groups excluding carboxylic acids is 1. The van der Waals surface area contributed by atoms with Crippen LogP contribution in [0.2, 0.25) is 0 Å². The minimum atomic E-state index is -0.404. The Hall–Kier alpha value is -1.55. The Morgan fingerprint density at radius 3 is 2.76 bits per heavy atom. The van der Waals surface area contributed by atoms with Gasteiger partial charge in [-0.2, -0.15) is 0 Å². The Kier molecular flexibility index (Phi) is 5.23. The minimum Gasteiger partial charge on any atom is -0.394 e. The van der Waals surface area contributed by atoms with Crippen molar-refractivity contribution in [1.29, 1.82) is 0 Å². The third-order valence-electron chi connectivity index (χ3n) is 4.60. The third-order valence-corrected chi connectivity index (χ3v) is 4.60. The topological polar surface area (TPSA) is 52.6 Å². The fourth-order valence-corrected chi connectivity index (χ4v) is 3.06. The van der Waals surface area contributed by atoms with Gasteiger partial charge in [-0.05, 0) is 31.7 Å². The number of nitrogens with one attached hydrogen (secondary N) is 1. The molecule has 0 saturated carbocycles. The number of hydrogen-bond donors (Lipinski definition) is 2. The highest BCUT2D eigenvalue weighted by atomic mass is 16.3. The van der Waals surface area contributed by atoms with Crippen molar-refractivity contribution in [3.63, 3.8) is 0 Å². The van der Waals surface area contributed by atoms with Gasteiger partial charge >= 0.3 is 6.03 Å². The summed E-state index contributed by atoms with van der Waals surface area (Å²) in [4.78, 5) is 14.2. The van der Waals surface area contributed by atoms with E-state index in [1.54, 1.807) is 4.90 Å². The molecule has 1 aromatic rings. The first-order valence-corrected chi connectivity index (χ1v) is 7.82. The molecule has 0 radical (unpaired) electrons. The zero-order chi connectivity index (χ0) is 15.3. The van der Waals surface area contributed by atoms with Gasteiger partial charge in [-0.25, -0.2) is 4.79 Å². The molecular formula is C17H26N2O2. The lowest BCUT2D eigenvalue weighted by Gasteiger charge is -2.34. The molecule has 1 saturated heterocycles. The number of aliphatic hydroxyl groups is 1. The standard InChI is InChI=1S/C17H26N2O2/c1-3-14(15-8-5-4-6-9-15)12-18-16(21)19-11-7-10-17(19,2)13-20/h4-6,8-9,14,20H,3,7,10-13H2,1-2H3,(H,18,21). The highest BCUT2D eigenvalue weighted by Crippen LogP contribution is 2.28. The second-order valence-electron chi connectivity index (χ2n) is 6.11. The highest BCUT2D eigenvalue weighted by Gasteiger charge is 2.39. The number of amides is 2. The van der Waals surface area contributed by atoms with Crippen LogP contribution in [-0.4, -0.2) is 41.3 Å². The molecule has 116 valence electrons. The molecule has 1 aromatic carbocycles. The summed E-state index contributed by atoms with van der Waals surface area (Å²) in [6.07, 6.45) is 2.81. The Bertz CT molecular complexity index is 463. The zero-order valence-electron chi connectivity index (χ0n) is 13.0. The number of hydrogen-bond acceptors (Lipinski definition) is 2. The van der Waals surface area contributed by atoms with Crippen molar-refractivity contribution in [2.45, 2.75) is 44.6 Å². The van der Waals surface area contributed by atoms with E-state index in [0.29, 0.717) is 12.5 Å². The summed E-state index contributed by atoms with van der Waals surface area (Å²) >= 11 is 0. The van der Waals surface area contributed by atoms with Gasteiger partial charge < -0.3 is 15.3 Å². The molecule has 1 heterocycles. The maximum absolute atomic E-state index is 12.4. The number of nitrogens with zero attached hydrogens (tertiary/aromatic N) is 1. The lowest BCUT2D eigenvalue weighted by Crippen LogP contribution is -2.52. The first-order valence-electron chi connectivity index (χ1n) is 7.82. The van der Waals surface area contributed by atoms with Gasteiger partial charge in [-0.15, -0.1) is 0 Å². The van der Waals surface area contributed by atoms with Gasteiger partial charge in [0.15, 0.2) is 0 Å². The van der Waals surface area contributed by atoms with Crippen molar-refractivity contribution in [3.05, 3.63) is 35.9 Å². The summed E-state index contributed by atoms with van der Waals surface area (Å²) in [5, 5.41) is 12.6. The van der Waals surface area contributed by atoms with Crippen molar-refractivity contribution < 1.29 is 9.90 Å². The molecule has 1 fully saturated rings. The smallest absolute Gasteiger partial charge is 0.317 e. The summed E-state index contributed by atoms with van der Waals surface area (Å²) < 4.78 is 0. The van der Waals surface area contributed by atoms with E-state index in [0.717, 1.165) is 25.8 Å². The monoisotopic (exact) mass is 290 g/mol. The quantitative estimate of drug-likeness (QED) is 0.876. The van der Waals surface area contributed by atoms with Gasteiger partial charge in [-0.3, -0.25) is 0 Å². The van der Waals surface area contributed by atoms with Crippen molar-refractivity contribution >= 4 is 6.03 Å². The van der Waals surface area contributed by atoms with Crippen LogP contribution in [-0.2, 0) is 0 Å². The third kappa shape index (κ3) is 3.56. The fourth-order valence-electron chi connectivity index (χ4n) is 3.06. The number of aliphatic hydroxyl groups excluding tert-OH is 1. The summed E-state index contributed by atoms with van der Waals surface area (Å²) in [6, 6.07) is 10.2. The molecule has 21 heavy (non-hydrogen) atoms. The van der Waals surface area contributed by atoms with Gasteiger partial charge in [0.2, 0.25) is 0 Å². The normalized spacial score (nSPS) is 23.1. The molecule has 1 aliphatic rings. The SMILES string of the molecule is CCC(CNC(=O)N1CCCC1(C)CO)c1ccccc1. The Labute approximate surface area is 127 Å². The molecule has 0 aliphatic carbocycles. The molecule has 4 heteroatoms. The second-order valence-corrected chi connectivity index (χ2v) is 6.11. The molecule has 2 unspecified atom stereocenters. The lowest BCUT2D eigenvalue weighted by molar-refractivity contribution is 0.0972.